The molecule has 1 N–H and O–H groups in total. The molecule has 0 unspecified atom stereocenters. The molecule has 0 spiro atoms. The number of aryl methyl sites for hydroxylation is 1. The zero-order valence-corrected chi connectivity index (χ0v) is 10.2. The molecule has 16 heavy (non-hydrogen) atoms. The summed E-state index contributed by atoms with van der Waals surface area (Å²) in [5, 5.41) is 12.9. The van der Waals surface area contributed by atoms with Gasteiger partial charge in [0.2, 0.25) is 5.89 Å². The third-order valence-electron chi connectivity index (χ3n) is 2.00. The van der Waals surface area contributed by atoms with Crippen molar-refractivity contribution in [2.45, 2.75) is 12.8 Å². The summed E-state index contributed by atoms with van der Waals surface area (Å²) in [7, 11) is 0. The number of hydrogen-bond donors (Lipinski definition) is 1. The average Bonchev–Trinajstić information content (AvgIpc) is 2.90. The van der Waals surface area contributed by atoms with Crippen molar-refractivity contribution in [3.63, 3.8) is 0 Å². The van der Waals surface area contributed by atoms with Crippen molar-refractivity contribution in [2.24, 2.45) is 0 Å². The van der Waals surface area contributed by atoms with E-state index in [0.29, 0.717) is 24.2 Å². The van der Waals surface area contributed by atoms with Gasteiger partial charge in [0, 0.05) is 23.7 Å². The van der Waals surface area contributed by atoms with Gasteiger partial charge in [0.15, 0.2) is 0 Å². The normalized spacial score (nSPS) is 10.6. The SMILES string of the molecule is ClCCc1nnc(NCCc2cccs2)o1. The van der Waals surface area contributed by atoms with Crippen LogP contribution in [0.5, 0.6) is 0 Å². The van der Waals surface area contributed by atoms with Gasteiger partial charge in [0.25, 0.3) is 0 Å². The standard InChI is InChI=1S/C10H12ClN3OS/c11-5-3-9-13-14-10(15-9)12-6-4-8-2-1-7-16-8/h1-2,7H,3-6H2,(H,12,14). The summed E-state index contributed by atoms with van der Waals surface area (Å²) in [6.45, 7) is 0.795. The lowest BCUT2D eigenvalue weighted by atomic mass is 10.3. The zero-order chi connectivity index (χ0) is 11.2. The summed E-state index contributed by atoms with van der Waals surface area (Å²) < 4.78 is 5.33. The van der Waals surface area contributed by atoms with Gasteiger partial charge in [-0.05, 0) is 17.9 Å². The van der Waals surface area contributed by atoms with E-state index in [1.54, 1.807) is 11.3 Å². The first-order valence-electron chi connectivity index (χ1n) is 5.03. The van der Waals surface area contributed by atoms with E-state index in [-0.39, 0.29) is 0 Å². The van der Waals surface area contributed by atoms with Crippen LogP contribution in [0.4, 0.5) is 6.01 Å². The van der Waals surface area contributed by atoms with Crippen LogP contribution in [-0.2, 0) is 12.8 Å². The van der Waals surface area contributed by atoms with Gasteiger partial charge in [-0.15, -0.1) is 28.0 Å². The number of aromatic nitrogens is 2. The largest absolute Gasteiger partial charge is 0.408 e. The highest BCUT2D eigenvalue weighted by molar-refractivity contribution is 7.09. The van der Waals surface area contributed by atoms with Crippen LogP contribution in [0.25, 0.3) is 0 Å². The highest BCUT2D eigenvalue weighted by atomic mass is 35.5. The molecule has 0 saturated heterocycles. The molecule has 0 saturated carbocycles. The lowest BCUT2D eigenvalue weighted by Gasteiger charge is -1.98. The Kier molecular flexibility index (Phi) is 4.18. The maximum Gasteiger partial charge on any atom is 0.315 e. The van der Waals surface area contributed by atoms with Crippen molar-refractivity contribution in [1.29, 1.82) is 0 Å². The molecule has 2 heterocycles. The Morgan fingerprint density at radius 2 is 2.31 bits per heavy atom. The summed E-state index contributed by atoms with van der Waals surface area (Å²) in [4.78, 5) is 1.34. The average molecular weight is 258 g/mol. The molecule has 0 bridgehead atoms. The number of thiophene rings is 1. The second kappa shape index (κ2) is 5.86. The Bertz CT molecular complexity index is 415. The Morgan fingerprint density at radius 1 is 1.38 bits per heavy atom. The van der Waals surface area contributed by atoms with Crippen molar-refractivity contribution in [1.82, 2.24) is 10.2 Å². The number of nitrogens with one attached hydrogen (secondary N) is 1. The van der Waals surface area contributed by atoms with Crippen LogP contribution in [0.3, 0.4) is 0 Å². The number of hydrogen-bond acceptors (Lipinski definition) is 5. The van der Waals surface area contributed by atoms with Gasteiger partial charge in [-0.3, -0.25) is 0 Å². The summed E-state index contributed by atoms with van der Waals surface area (Å²) in [5.41, 5.74) is 0. The van der Waals surface area contributed by atoms with E-state index < -0.39 is 0 Å². The van der Waals surface area contributed by atoms with E-state index >= 15 is 0 Å². The molecule has 0 radical (unpaired) electrons. The van der Waals surface area contributed by atoms with Crippen LogP contribution in [0.2, 0.25) is 0 Å². The van der Waals surface area contributed by atoms with Crippen LogP contribution < -0.4 is 5.32 Å². The van der Waals surface area contributed by atoms with E-state index in [1.807, 2.05) is 6.07 Å². The van der Waals surface area contributed by atoms with Gasteiger partial charge in [-0.2, -0.15) is 0 Å². The fourth-order valence-electron chi connectivity index (χ4n) is 1.25. The topological polar surface area (TPSA) is 51.0 Å². The fraction of sp³-hybridized carbons (Fsp3) is 0.400. The van der Waals surface area contributed by atoms with Crippen LogP contribution in [-0.4, -0.2) is 22.6 Å². The van der Waals surface area contributed by atoms with Crippen LogP contribution in [0.1, 0.15) is 10.8 Å². The smallest absolute Gasteiger partial charge is 0.315 e. The molecule has 0 fully saturated rings. The molecule has 0 amide bonds. The minimum Gasteiger partial charge on any atom is -0.408 e. The Labute approximate surface area is 103 Å². The van der Waals surface area contributed by atoms with Crippen molar-refractivity contribution in [3.05, 3.63) is 28.3 Å². The number of anilines is 1. The predicted octanol–water partition coefficient (Wildman–Crippen LogP) is 2.57. The zero-order valence-electron chi connectivity index (χ0n) is 8.65. The van der Waals surface area contributed by atoms with E-state index in [2.05, 4.69) is 27.0 Å². The summed E-state index contributed by atoms with van der Waals surface area (Å²) in [6, 6.07) is 4.63. The molecule has 86 valence electrons. The minimum atomic E-state index is 0.469. The van der Waals surface area contributed by atoms with Gasteiger partial charge in [-0.1, -0.05) is 11.2 Å². The highest BCUT2D eigenvalue weighted by Crippen LogP contribution is 2.10. The molecule has 0 aliphatic heterocycles. The number of halogens is 1. The molecule has 6 heteroatoms. The van der Waals surface area contributed by atoms with Gasteiger partial charge in [0.05, 0.1) is 0 Å². The number of rotatable bonds is 6. The van der Waals surface area contributed by atoms with Crippen molar-refractivity contribution < 1.29 is 4.42 Å². The van der Waals surface area contributed by atoms with E-state index in [4.69, 9.17) is 16.0 Å². The third kappa shape index (κ3) is 3.21. The van der Waals surface area contributed by atoms with Crippen LogP contribution in [0.15, 0.2) is 21.9 Å². The third-order valence-corrected chi connectivity index (χ3v) is 3.13. The molecule has 2 aromatic heterocycles. The van der Waals surface area contributed by atoms with E-state index in [1.165, 1.54) is 4.88 Å². The molecule has 0 atom stereocenters. The van der Waals surface area contributed by atoms with Crippen molar-refractivity contribution in [3.8, 4) is 0 Å². The Balaban J connectivity index is 1.76. The van der Waals surface area contributed by atoms with Crippen molar-refractivity contribution in [2.75, 3.05) is 17.7 Å². The second-order valence-electron chi connectivity index (χ2n) is 3.20. The molecule has 2 aromatic rings. The van der Waals surface area contributed by atoms with E-state index in [0.717, 1.165) is 13.0 Å². The maximum absolute atomic E-state index is 5.57. The molecule has 2 rings (SSSR count). The molecular weight excluding hydrogens is 246 g/mol. The predicted molar refractivity (Wildman–Crippen MR) is 65.2 cm³/mol. The maximum atomic E-state index is 5.57. The lowest BCUT2D eigenvalue weighted by molar-refractivity contribution is 0.512. The van der Waals surface area contributed by atoms with Crippen LogP contribution >= 0.6 is 22.9 Å². The van der Waals surface area contributed by atoms with Gasteiger partial charge >= 0.3 is 6.01 Å². The van der Waals surface area contributed by atoms with E-state index in [9.17, 15) is 0 Å². The summed E-state index contributed by atoms with van der Waals surface area (Å²) in [6.07, 6.45) is 1.58. The van der Waals surface area contributed by atoms with Gasteiger partial charge in [-0.25, -0.2) is 0 Å². The summed E-state index contributed by atoms with van der Waals surface area (Å²) in [5.74, 6) is 1.07. The molecule has 0 aromatic carbocycles. The molecule has 0 aliphatic carbocycles. The molecular formula is C10H12ClN3OS. The Morgan fingerprint density at radius 3 is 3.06 bits per heavy atom. The second-order valence-corrected chi connectivity index (χ2v) is 4.61. The first-order valence-corrected chi connectivity index (χ1v) is 6.44. The first kappa shape index (κ1) is 11.4. The minimum absolute atomic E-state index is 0.469. The quantitative estimate of drug-likeness (QED) is 0.808. The Hall–Kier alpha value is -1.07. The van der Waals surface area contributed by atoms with Crippen LogP contribution in [0, 0.1) is 0 Å². The monoisotopic (exact) mass is 257 g/mol. The molecule has 4 nitrogen and oxygen atoms in total. The number of nitrogens with zero attached hydrogens (tertiary/aromatic N) is 2. The fourth-order valence-corrected chi connectivity index (χ4v) is 2.13. The molecule has 0 aliphatic rings. The summed E-state index contributed by atoms with van der Waals surface area (Å²) >= 11 is 7.32. The first-order chi connectivity index (χ1) is 7.88. The van der Waals surface area contributed by atoms with Gasteiger partial charge in [0.1, 0.15) is 0 Å². The number of alkyl halides is 1. The van der Waals surface area contributed by atoms with Gasteiger partial charge < -0.3 is 9.73 Å². The lowest BCUT2D eigenvalue weighted by Crippen LogP contribution is -2.03. The van der Waals surface area contributed by atoms with Crippen molar-refractivity contribution >= 4 is 29.0 Å². The highest BCUT2D eigenvalue weighted by Gasteiger charge is 2.04.